The standard InChI is InChI=1S/C55H72N4O9S.C39H61N5O7S.2CH4/c1-10-35(2)50(47(65-8)32-48(61)59-27-18-25-45(59)51(66-9)36(3)46(60)30-38(52-56-26-28-69-52)29-37-19-12-11-13-20-37)58(7)53(63)39(33-57-54(64)68-55(4,5)6)31-49(62)67-34-44-42-23-16-14-21-40(42)41-22-15-17-24-43(41)44;1-10-25(2)34(43(7)37(47)29(40)24-42-38(48)51-39(4,5)6)32(49-8)23-33(46)44-19-14-17-30(44)35(50-9)26(3)31(45)22-28(36-41-18-20-52-36)21-27-15-12-11-13-16-27;;/h11-17,19-24,26,28,35-36,38-39,44-45,47,50-51H,10,18,25,27,29-34H2,1-9H3,(H,57,64);11-13,15-16,18,20,25-26,28-30,32,34-35H,10,14,17,19,21-24,40H2,1-9H3,(H,42,48);2*1H4/t35-,36-,38+,39-,45-,47+,50-,51+;25-,26-,28+,29-,30-,32+,34-,35+;;/m00../s1. The Kier molecular flexibility index (Phi) is 41.2. The number of fused-ring (bicyclic) bond motifs is 3. The number of aromatic nitrogens is 2. The van der Waals surface area contributed by atoms with Gasteiger partial charge in [-0.3, -0.25) is 33.6 Å². The van der Waals surface area contributed by atoms with Crippen LogP contribution >= 0.6 is 22.7 Å². The first kappa shape index (κ1) is 103. The normalized spacial score (nSPS) is 17.8. The SMILES string of the molecule is C.C.CC[C@H](C)[C@@H]([C@@H](CC(=O)N1CCC[C@H]1[C@H](OC)[C@@H](C)C(=O)C[C@@H](Cc1ccccc1)c1nccs1)OC)N(C)C(=O)[C@@H](N)CNC(=O)OC(C)(C)C.CC[C@H](C)[C@@H]([C@@H](CC(=O)N1CCC[C@H]1[C@H](OC)[C@@H](C)C(=O)C[C@@H](Cc1ccccc1)c1nccs1)OC)N(C)C(=O)[C@H](CNC(=O)OC(C)(C)C)CC(=O)OCC1c2ccccc2-c2ccccc21. The maximum atomic E-state index is 14.8. The number of nitrogens with one attached hydrogen (secondary N) is 2. The average molecular weight is 1740 g/mol. The molecule has 1 aliphatic carbocycles. The number of likely N-dealkylation sites (tertiary alicyclic amines) is 2. The molecule has 0 bridgehead atoms. The highest BCUT2D eigenvalue weighted by Gasteiger charge is 2.46. The summed E-state index contributed by atoms with van der Waals surface area (Å²) >= 11 is 3.11. The van der Waals surface area contributed by atoms with Gasteiger partial charge in [-0.2, -0.15) is 0 Å². The number of benzene rings is 4. The summed E-state index contributed by atoms with van der Waals surface area (Å²) in [6.45, 7) is 23.2. The zero-order chi connectivity index (χ0) is 88.4. The van der Waals surface area contributed by atoms with Gasteiger partial charge in [0.1, 0.15) is 35.4 Å². The number of hydrogen-bond donors (Lipinski definition) is 3. The van der Waals surface area contributed by atoms with E-state index in [4.69, 9.17) is 38.9 Å². The molecule has 2 saturated heterocycles. The number of likely N-dealkylation sites (N-methyl/N-ethyl adjacent to an activating group) is 2. The molecule has 25 nitrogen and oxygen atoms in total. The number of carbonyl (C=O) groups excluding carboxylic acids is 9. The highest BCUT2D eigenvalue weighted by Crippen LogP contribution is 2.45. The van der Waals surface area contributed by atoms with Crippen molar-refractivity contribution in [1.29, 1.82) is 0 Å². The first-order valence-corrected chi connectivity index (χ1v) is 44.6. The molecule has 0 radical (unpaired) electrons. The van der Waals surface area contributed by atoms with Crippen LogP contribution < -0.4 is 16.4 Å². The van der Waals surface area contributed by atoms with E-state index in [1.54, 1.807) is 129 Å². The van der Waals surface area contributed by atoms with Crippen molar-refractivity contribution in [3.05, 3.63) is 165 Å². The van der Waals surface area contributed by atoms with Crippen molar-refractivity contribution in [2.45, 2.75) is 265 Å². The molecule has 0 unspecified atom stereocenters. The van der Waals surface area contributed by atoms with Crippen LogP contribution in [0.3, 0.4) is 0 Å². The number of thiazole rings is 2. The summed E-state index contributed by atoms with van der Waals surface area (Å²) in [6.07, 6.45) is 5.81. The lowest BCUT2D eigenvalue weighted by Crippen LogP contribution is -2.57. The number of carbonyl (C=O) groups is 9. The Morgan fingerprint density at radius 2 is 0.919 bits per heavy atom. The fraction of sp³-hybridized carbons (Fsp3) is 0.594. The molecular weight excluding hydrogens is 1600 g/mol. The number of nitrogens with two attached hydrogens (primary N) is 1. The van der Waals surface area contributed by atoms with Crippen LogP contribution in [0.4, 0.5) is 9.59 Å². The van der Waals surface area contributed by atoms with Gasteiger partial charge in [-0.15, -0.1) is 22.7 Å². The van der Waals surface area contributed by atoms with Crippen molar-refractivity contribution in [3.63, 3.8) is 0 Å². The van der Waals surface area contributed by atoms with Crippen LogP contribution in [0.15, 0.2) is 132 Å². The number of methoxy groups -OCH3 is 4. The van der Waals surface area contributed by atoms with Crippen molar-refractivity contribution in [3.8, 4) is 11.1 Å². The number of amides is 6. The predicted molar refractivity (Wildman–Crippen MR) is 484 cm³/mol. The minimum absolute atomic E-state index is 0. The van der Waals surface area contributed by atoms with Crippen LogP contribution in [-0.2, 0) is 79.6 Å². The summed E-state index contributed by atoms with van der Waals surface area (Å²) in [5.41, 5.74) is 11.4. The van der Waals surface area contributed by atoms with Crippen molar-refractivity contribution in [2.24, 2.45) is 35.3 Å². The van der Waals surface area contributed by atoms with Crippen molar-refractivity contribution in [2.75, 3.05) is 75.3 Å². The largest absolute Gasteiger partial charge is 0.465 e. The molecule has 3 aliphatic rings. The highest BCUT2D eigenvalue weighted by atomic mass is 32.1. The zero-order valence-corrected chi connectivity index (χ0v) is 76.0. The molecule has 6 aromatic rings. The van der Waals surface area contributed by atoms with Gasteiger partial charge in [0.15, 0.2) is 0 Å². The lowest BCUT2D eigenvalue weighted by atomic mass is 9.85. The molecule has 2 fully saturated rings. The molecule has 0 spiro atoms. The monoisotopic (exact) mass is 1740 g/mol. The summed E-state index contributed by atoms with van der Waals surface area (Å²) in [5, 5.41) is 11.0. The van der Waals surface area contributed by atoms with Gasteiger partial charge in [-0.25, -0.2) is 19.6 Å². The average Bonchev–Trinajstić information content (AvgIpc) is 1.61. The molecule has 4 aromatic carbocycles. The lowest BCUT2D eigenvalue weighted by molar-refractivity contribution is -0.152. The van der Waals surface area contributed by atoms with Gasteiger partial charge in [0.25, 0.3) is 0 Å². The summed E-state index contributed by atoms with van der Waals surface area (Å²) in [4.78, 5) is 140. The Bertz CT molecular complexity index is 4230. The Morgan fingerprint density at radius 1 is 0.528 bits per heavy atom. The van der Waals surface area contributed by atoms with E-state index < -0.39 is 95.6 Å². The number of esters is 1. The van der Waals surface area contributed by atoms with Crippen molar-refractivity contribution >= 4 is 76.0 Å². The van der Waals surface area contributed by atoms with Crippen LogP contribution in [0.5, 0.6) is 0 Å². The minimum atomic E-state index is -1.02. The Morgan fingerprint density at radius 3 is 1.29 bits per heavy atom. The van der Waals surface area contributed by atoms with Gasteiger partial charge in [0.05, 0.1) is 83.8 Å². The third kappa shape index (κ3) is 28.9. The predicted octanol–water partition coefficient (Wildman–Crippen LogP) is 15.7. The quantitative estimate of drug-likeness (QED) is 0.0237. The summed E-state index contributed by atoms with van der Waals surface area (Å²) < 4.78 is 40.9. The second-order valence-electron chi connectivity index (χ2n) is 34.7. The fourth-order valence-electron chi connectivity index (χ4n) is 17.5. The molecule has 4 N–H and O–H groups in total. The summed E-state index contributed by atoms with van der Waals surface area (Å²) in [6, 6.07) is 33.7. The number of alkyl carbamates (subject to hydrolysis) is 2. The second kappa shape index (κ2) is 49.2. The molecular formula is C96H141N9O16S2. The third-order valence-electron chi connectivity index (χ3n) is 24.1. The topological polar surface area (TPSA) is 307 Å². The van der Waals surface area contributed by atoms with Gasteiger partial charge < -0.3 is 69.1 Å². The molecule has 6 amide bonds. The number of nitrogens with zero attached hydrogens (tertiary/aromatic N) is 6. The molecule has 27 heteroatoms. The number of rotatable bonds is 42. The maximum absolute atomic E-state index is 14.8. The first-order chi connectivity index (χ1) is 57.7. The van der Waals surface area contributed by atoms with Crippen molar-refractivity contribution < 1.29 is 76.3 Å². The van der Waals surface area contributed by atoms with E-state index in [-0.39, 0.29) is 125 Å². The van der Waals surface area contributed by atoms with E-state index in [2.05, 4.69) is 57.0 Å². The highest BCUT2D eigenvalue weighted by molar-refractivity contribution is 7.09. The Hall–Kier alpha value is -8.83. The van der Waals surface area contributed by atoms with Gasteiger partial charge in [-0.05, 0) is 125 Å². The van der Waals surface area contributed by atoms with Crippen LogP contribution in [0.2, 0.25) is 0 Å². The van der Waals surface area contributed by atoms with E-state index in [9.17, 15) is 43.2 Å². The third-order valence-corrected chi connectivity index (χ3v) is 25.9. The number of ether oxygens (including phenoxy) is 7. The molecule has 678 valence electrons. The lowest BCUT2D eigenvalue weighted by Gasteiger charge is -2.40. The maximum Gasteiger partial charge on any atom is 0.407 e. The number of Topliss-reactive ketones (excluding diaryl/α,β-unsaturated/α-hetero) is 2. The van der Waals surface area contributed by atoms with Gasteiger partial charge in [-0.1, -0.05) is 178 Å². The number of hydrogen-bond acceptors (Lipinski definition) is 21. The van der Waals surface area contributed by atoms with E-state index in [1.807, 2.05) is 135 Å². The first-order valence-electron chi connectivity index (χ1n) is 42.8. The van der Waals surface area contributed by atoms with E-state index >= 15 is 0 Å². The van der Waals surface area contributed by atoms with Gasteiger partial charge in [0.2, 0.25) is 23.6 Å². The second-order valence-corrected chi connectivity index (χ2v) is 36.6. The molecule has 2 aliphatic heterocycles. The zero-order valence-electron chi connectivity index (χ0n) is 74.4. The Balaban J connectivity index is 0.000000390. The van der Waals surface area contributed by atoms with Gasteiger partial charge in [0, 0.05) is 134 Å². The molecule has 123 heavy (non-hydrogen) atoms. The molecule has 16 atom stereocenters. The number of ketones is 2. The smallest absolute Gasteiger partial charge is 0.407 e. The Labute approximate surface area is 739 Å². The summed E-state index contributed by atoms with van der Waals surface area (Å²) in [5.74, 6) is -3.98. The molecule has 2 aromatic heterocycles. The molecule has 0 saturated carbocycles. The summed E-state index contributed by atoms with van der Waals surface area (Å²) in [7, 11) is 9.62. The van der Waals surface area contributed by atoms with Crippen molar-refractivity contribution in [1.82, 2.24) is 40.2 Å². The van der Waals surface area contributed by atoms with E-state index in [0.29, 0.717) is 58.0 Å². The van der Waals surface area contributed by atoms with Crippen LogP contribution in [0.25, 0.3) is 11.1 Å². The molecule has 9 rings (SSSR count). The fourth-order valence-corrected chi connectivity index (χ4v) is 19.0. The van der Waals surface area contributed by atoms with Crippen LogP contribution in [0.1, 0.15) is 219 Å². The van der Waals surface area contributed by atoms with Gasteiger partial charge >= 0.3 is 18.2 Å². The van der Waals surface area contributed by atoms with E-state index in [0.717, 1.165) is 62.7 Å². The van der Waals surface area contributed by atoms with E-state index in [1.165, 1.54) is 0 Å². The molecule has 4 heterocycles. The van der Waals surface area contributed by atoms with Crippen LogP contribution in [0, 0.1) is 29.6 Å². The van der Waals surface area contributed by atoms with Crippen LogP contribution in [-0.4, -0.2) is 224 Å². The minimum Gasteiger partial charge on any atom is -0.465 e.